The second kappa shape index (κ2) is 6.85. The topological polar surface area (TPSA) is 98.2 Å². The number of sulfonamides is 1. The maximum absolute atomic E-state index is 12.8. The van der Waals surface area contributed by atoms with Crippen LogP contribution < -0.4 is 0 Å². The number of rotatable bonds is 6. The molecule has 0 saturated carbocycles. The van der Waals surface area contributed by atoms with Gasteiger partial charge in [-0.15, -0.1) is 0 Å². The van der Waals surface area contributed by atoms with Crippen molar-refractivity contribution in [3.63, 3.8) is 0 Å². The molecule has 3 atom stereocenters. The molecular formula is C16H29N3O5S. The first-order valence-corrected chi connectivity index (χ1v) is 10.1. The molecule has 0 aromatic carbocycles. The zero-order chi connectivity index (χ0) is 19.2. The molecule has 0 aromatic rings. The number of carboxylic acids is 1. The summed E-state index contributed by atoms with van der Waals surface area (Å²) >= 11 is 0. The maximum atomic E-state index is 12.8. The van der Waals surface area contributed by atoms with Gasteiger partial charge in [0.25, 0.3) is 0 Å². The molecule has 25 heavy (non-hydrogen) atoms. The number of hydrogen-bond acceptors (Lipinski definition) is 5. The van der Waals surface area contributed by atoms with E-state index in [1.54, 1.807) is 25.8 Å². The summed E-state index contributed by atoms with van der Waals surface area (Å²) in [5.41, 5.74) is -1.32. The number of carboxylic acid groups (broad SMARTS) is 1. The van der Waals surface area contributed by atoms with Crippen LogP contribution in [0.25, 0.3) is 0 Å². The Morgan fingerprint density at radius 3 is 2.24 bits per heavy atom. The normalized spacial score (nSPS) is 27.8. The lowest BCUT2D eigenvalue weighted by molar-refractivity contribution is -0.161. The predicted octanol–water partition coefficient (Wildman–Crippen LogP) is 0.257. The molecule has 2 rings (SSSR count). The smallest absolute Gasteiger partial charge is 0.329 e. The fraction of sp³-hybridized carbons (Fsp3) is 0.875. The Balaban J connectivity index is 2.11. The SMILES string of the molecule is CC(C)C(C)(C(=O)O)N(C)C(=O)[C@H]1CCN(S(=O)(=O)[C@H]2CCN2C)C1. The van der Waals surface area contributed by atoms with Crippen LogP contribution in [0.2, 0.25) is 0 Å². The zero-order valence-corrected chi connectivity index (χ0v) is 16.4. The molecule has 0 spiro atoms. The Bertz CT molecular complexity index is 650. The minimum Gasteiger partial charge on any atom is -0.479 e. The van der Waals surface area contributed by atoms with E-state index < -0.39 is 32.8 Å². The van der Waals surface area contributed by atoms with E-state index in [4.69, 9.17) is 0 Å². The number of carbonyl (C=O) groups is 2. The van der Waals surface area contributed by atoms with Crippen molar-refractivity contribution in [2.75, 3.05) is 33.7 Å². The molecule has 0 bridgehead atoms. The minimum absolute atomic E-state index is 0.129. The number of aliphatic carboxylic acids is 1. The Kier molecular flexibility index (Phi) is 5.51. The van der Waals surface area contributed by atoms with E-state index in [9.17, 15) is 23.1 Å². The molecule has 2 aliphatic heterocycles. The van der Waals surface area contributed by atoms with E-state index in [1.165, 1.54) is 23.2 Å². The van der Waals surface area contributed by atoms with Crippen LogP contribution in [0, 0.1) is 11.8 Å². The molecule has 0 aliphatic carbocycles. The van der Waals surface area contributed by atoms with Crippen LogP contribution in [-0.2, 0) is 19.6 Å². The summed E-state index contributed by atoms with van der Waals surface area (Å²) in [6.45, 7) is 6.25. The third-order valence-electron chi connectivity index (χ3n) is 6.01. The molecule has 2 saturated heterocycles. The number of amides is 1. The number of likely N-dealkylation sites (N-methyl/N-ethyl adjacent to an activating group) is 1. The summed E-state index contributed by atoms with van der Waals surface area (Å²) in [4.78, 5) is 27.6. The highest BCUT2D eigenvalue weighted by Gasteiger charge is 2.48. The standard InChI is InChI=1S/C16H29N3O5S/c1-11(2)16(3,15(21)22)18(5)14(20)12-6-9-19(10-12)25(23,24)13-7-8-17(13)4/h11-13H,6-10H2,1-5H3,(H,21,22)/t12-,13-,16?/m0/s1. The number of nitrogens with zero attached hydrogens (tertiary/aromatic N) is 3. The van der Waals surface area contributed by atoms with Gasteiger partial charge in [0.2, 0.25) is 15.9 Å². The van der Waals surface area contributed by atoms with Gasteiger partial charge in [-0.2, -0.15) is 4.31 Å². The van der Waals surface area contributed by atoms with E-state index in [2.05, 4.69) is 0 Å². The largest absolute Gasteiger partial charge is 0.479 e. The van der Waals surface area contributed by atoms with Crippen molar-refractivity contribution in [1.29, 1.82) is 0 Å². The first-order valence-electron chi connectivity index (χ1n) is 8.64. The Morgan fingerprint density at radius 2 is 1.84 bits per heavy atom. The molecule has 9 heteroatoms. The molecule has 2 heterocycles. The second-order valence-electron chi connectivity index (χ2n) is 7.62. The van der Waals surface area contributed by atoms with Crippen molar-refractivity contribution in [2.24, 2.45) is 11.8 Å². The fourth-order valence-electron chi connectivity index (χ4n) is 3.48. The average molecular weight is 375 g/mol. The molecule has 144 valence electrons. The third kappa shape index (κ3) is 3.29. The highest BCUT2D eigenvalue weighted by Crippen LogP contribution is 2.31. The van der Waals surface area contributed by atoms with Crippen LogP contribution >= 0.6 is 0 Å². The van der Waals surface area contributed by atoms with Gasteiger partial charge in [-0.05, 0) is 32.7 Å². The van der Waals surface area contributed by atoms with Crippen molar-refractivity contribution in [2.45, 2.75) is 44.5 Å². The zero-order valence-electron chi connectivity index (χ0n) is 15.6. The first-order chi connectivity index (χ1) is 11.4. The molecule has 0 radical (unpaired) electrons. The number of likely N-dealkylation sites (tertiary alicyclic amines) is 1. The van der Waals surface area contributed by atoms with Gasteiger partial charge < -0.3 is 10.0 Å². The number of hydrogen-bond donors (Lipinski definition) is 1. The van der Waals surface area contributed by atoms with Gasteiger partial charge in [-0.25, -0.2) is 13.2 Å². The van der Waals surface area contributed by atoms with E-state index in [1.807, 2.05) is 0 Å². The molecule has 1 unspecified atom stereocenters. The van der Waals surface area contributed by atoms with Gasteiger partial charge in [-0.3, -0.25) is 9.69 Å². The Labute approximate surface area is 149 Å². The average Bonchev–Trinajstić information content (AvgIpc) is 3.00. The monoisotopic (exact) mass is 375 g/mol. The summed E-state index contributed by atoms with van der Waals surface area (Å²) in [7, 11) is -0.169. The van der Waals surface area contributed by atoms with Crippen molar-refractivity contribution in [3.05, 3.63) is 0 Å². The minimum atomic E-state index is -3.44. The summed E-state index contributed by atoms with van der Waals surface area (Å²) in [5, 5.41) is 9.08. The Morgan fingerprint density at radius 1 is 1.24 bits per heavy atom. The van der Waals surface area contributed by atoms with Gasteiger partial charge in [0.15, 0.2) is 0 Å². The fourth-order valence-corrected chi connectivity index (χ4v) is 5.54. The van der Waals surface area contributed by atoms with Crippen molar-refractivity contribution in [3.8, 4) is 0 Å². The lowest BCUT2D eigenvalue weighted by Crippen LogP contribution is -2.58. The van der Waals surface area contributed by atoms with E-state index in [-0.39, 0.29) is 18.4 Å². The van der Waals surface area contributed by atoms with Crippen LogP contribution in [-0.4, -0.2) is 84.1 Å². The van der Waals surface area contributed by atoms with Gasteiger partial charge in [0, 0.05) is 26.7 Å². The Hall–Kier alpha value is -1.19. The summed E-state index contributed by atoms with van der Waals surface area (Å²) in [5.74, 6) is -2.14. The van der Waals surface area contributed by atoms with E-state index in [0.29, 0.717) is 19.4 Å². The second-order valence-corrected chi connectivity index (χ2v) is 9.71. The molecule has 1 N–H and O–H groups in total. The molecule has 2 aliphatic rings. The molecule has 0 aromatic heterocycles. The number of carbonyl (C=O) groups excluding carboxylic acids is 1. The van der Waals surface area contributed by atoms with Crippen molar-refractivity contribution >= 4 is 21.9 Å². The highest BCUT2D eigenvalue weighted by atomic mass is 32.2. The summed E-state index contributed by atoms with van der Waals surface area (Å²) in [6.07, 6.45) is 1.03. The highest BCUT2D eigenvalue weighted by molar-refractivity contribution is 7.89. The quantitative estimate of drug-likeness (QED) is 0.715. The van der Waals surface area contributed by atoms with Crippen molar-refractivity contribution < 1.29 is 23.1 Å². The van der Waals surface area contributed by atoms with Crippen LogP contribution in [0.3, 0.4) is 0 Å². The first kappa shape index (κ1) is 20.1. The molecule has 8 nitrogen and oxygen atoms in total. The molecular weight excluding hydrogens is 346 g/mol. The summed E-state index contributed by atoms with van der Waals surface area (Å²) < 4.78 is 26.7. The molecule has 1 amide bonds. The van der Waals surface area contributed by atoms with Gasteiger partial charge in [-0.1, -0.05) is 13.8 Å². The van der Waals surface area contributed by atoms with E-state index >= 15 is 0 Å². The van der Waals surface area contributed by atoms with Crippen LogP contribution in [0.15, 0.2) is 0 Å². The third-order valence-corrected chi connectivity index (χ3v) is 8.34. The van der Waals surface area contributed by atoms with E-state index in [0.717, 1.165) is 6.54 Å². The van der Waals surface area contributed by atoms with Gasteiger partial charge in [0.05, 0.1) is 5.92 Å². The molecule has 2 fully saturated rings. The lowest BCUT2D eigenvalue weighted by atomic mass is 9.86. The van der Waals surface area contributed by atoms with Crippen molar-refractivity contribution in [1.82, 2.24) is 14.1 Å². The van der Waals surface area contributed by atoms with Crippen LogP contribution in [0.4, 0.5) is 0 Å². The predicted molar refractivity (Wildman–Crippen MR) is 93.3 cm³/mol. The lowest BCUT2D eigenvalue weighted by Gasteiger charge is -2.40. The summed E-state index contributed by atoms with van der Waals surface area (Å²) in [6, 6.07) is 0. The van der Waals surface area contributed by atoms with Gasteiger partial charge in [0.1, 0.15) is 10.9 Å². The maximum Gasteiger partial charge on any atom is 0.329 e. The van der Waals surface area contributed by atoms with Crippen LogP contribution in [0.5, 0.6) is 0 Å². The van der Waals surface area contributed by atoms with Gasteiger partial charge >= 0.3 is 5.97 Å². The van der Waals surface area contributed by atoms with Crippen LogP contribution in [0.1, 0.15) is 33.6 Å².